The number of carbonyl (C=O) groups is 1. The number of hydrogen-bond acceptors (Lipinski definition) is 6. The summed E-state index contributed by atoms with van der Waals surface area (Å²) in [5.41, 5.74) is 1.98. The fourth-order valence-electron chi connectivity index (χ4n) is 3.19. The van der Waals surface area contributed by atoms with Gasteiger partial charge in [-0.3, -0.25) is 10.00 Å². The molecule has 0 aliphatic carbocycles. The van der Waals surface area contributed by atoms with Crippen molar-refractivity contribution in [1.29, 1.82) is 0 Å². The van der Waals surface area contributed by atoms with Crippen molar-refractivity contribution in [3.8, 4) is 11.5 Å². The monoisotopic (exact) mass is 333 g/mol. The molecule has 1 atom stereocenters. The lowest BCUT2D eigenvalue weighted by molar-refractivity contribution is -0.154. The minimum Gasteiger partial charge on any atom is -0.467 e. The van der Waals surface area contributed by atoms with E-state index in [1.54, 1.807) is 0 Å². The molecule has 2 N–H and O–H groups in total. The van der Waals surface area contributed by atoms with Gasteiger partial charge >= 0.3 is 5.97 Å². The predicted molar refractivity (Wildman–Crippen MR) is 87.1 cm³/mol. The molecule has 7 heteroatoms. The number of hydrogen-bond donors (Lipinski definition) is 2. The molecule has 0 spiro atoms. The molecular formula is C17H23N3O4. The summed E-state index contributed by atoms with van der Waals surface area (Å²) in [6.07, 6.45) is 2.34. The number of aliphatic hydroxyl groups excluding tert-OH is 1. The Kier molecular flexibility index (Phi) is 5.01. The molecule has 0 radical (unpaired) electrons. The van der Waals surface area contributed by atoms with Gasteiger partial charge in [0.25, 0.3) is 0 Å². The van der Waals surface area contributed by atoms with E-state index in [-0.39, 0.29) is 5.92 Å². The van der Waals surface area contributed by atoms with Gasteiger partial charge in [-0.25, -0.2) is 4.79 Å². The average molecular weight is 333 g/mol. The zero-order valence-corrected chi connectivity index (χ0v) is 14.0. The fourth-order valence-corrected chi connectivity index (χ4v) is 3.19. The number of H-pyrrole nitrogens is 1. The minimum atomic E-state index is -1.02. The highest BCUT2D eigenvalue weighted by Crippen LogP contribution is 2.27. The number of aromatic amines is 1. The maximum absolute atomic E-state index is 11.4. The highest BCUT2D eigenvalue weighted by molar-refractivity contribution is 5.74. The van der Waals surface area contributed by atoms with Crippen LogP contribution in [0.4, 0.5) is 0 Å². The van der Waals surface area contributed by atoms with Gasteiger partial charge in [0.05, 0.1) is 13.3 Å². The van der Waals surface area contributed by atoms with E-state index in [2.05, 4.69) is 19.8 Å². The fraction of sp³-hybridized carbons (Fsp3) is 0.529. The number of esters is 1. The van der Waals surface area contributed by atoms with Gasteiger partial charge in [-0.15, -0.1) is 0 Å². The van der Waals surface area contributed by atoms with Gasteiger partial charge in [-0.05, 0) is 50.9 Å². The number of ether oxygens (including phenoxy) is 1. The first kappa shape index (κ1) is 16.7. The SMILES string of the molecule is COC(=O)C(O)C1CCN(Cc2cn[nH]c2-c2ccc(C)o2)CC1. The summed E-state index contributed by atoms with van der Waals surface area (Å²) in [5.74, 6) is 1.07. The summed E-state index contributed by atoms with van der Waals surface area (Å²) < 4.78 is 10.3. The summed E-state index contributed by atoms with van der Waals surface area (Å²) in [5, 5.41) is 17.1. The molecule has 0 bridgehead atoms. The van der Waals surface area contributed by atoms with Crippen LogP contribution in [0.15, 0.2) is 22.7 Å². The Balaban J connectivity index is 1.59. The zero-order chi connectivity index (χ0) is 17.1. The number of aryl methyl sites for hydroxylation is 1. The first-order chi connectivity index (χ1) is 11.6. The number of piperidine rings is 1. The van der Waals surface area contributed by atoms with Crippen LogP contribution in [0.1, 0.15) is 24.2 Å². The quantitative estimate of drug-likeness (QED) is 0.810. The van der Waals surface area contributed by atoms with E-state index in [9.17, 15) is 9.90 Å². The van der Waals surface area contributed by atoms with Crippen molar-refractivity contribution in [3.63, 3.8) is 0 Å². The second kappa shape index (κ2) is 7.19. The molecule has 2 aromatic rings. The smallest absolute Gasteiger partial charge is 0.334 e. The Bertz CT molecular complexity index is 686. The second-order valence-corrected chi connectivity index (χ2v) is 6.26. The number of methoxy groups -OCH3 is 1. The minimum absolute atomic E-state index is 0.0368. The maximum atomic E-state index is 11.4. The molecule has 3 rings (SSSR count). The van der Waals surface area contributed by atoms with Crippen LogP contribution in [0, 0.1) is 12.8 Å². The lowest BCUT2D eigenvalue weighted by atomic mass is 9.91. The molecule has 1 saturated heterocycles. The summed E-state index contributed by atoms with van der Waals surface area (Å²) in [6.45, 7) is 4.31. The van der Waals surface area contributed by atoms with Crippen molar-refractivity contribution in [1.82, 2.24) is 15.1 Å². The summed E-state index contributed by atoms with van der Waals surface area (Å²) in [6, 6.07) is 3.87. The highest BCUT2D eigenvalue weighted by Gasteiger charge is 2.30. The van der Waals surface area contributed by atoms with E-state index < -0.39 is 12.1 Å². The number of nitrogens with one attached hydrogen (secondary N) is 1. The first-order valence-corrected chi connectivity index (χ1v) is 8.15. The van der Waals surface area contributed by atoms with Gasteiger partial charge in [0, 0.05) is 12.1 Å². The van der Waals surface area contributed by atoms with Crippen LogP contribution in [0.2, 0.25) is 0 Å². The molecule has 1 unspecified atom stereocenters. The van der Waals surface area contributed by atoms with E-state index in [0.717, 1.165) is 55.3 Å². The Labute approximate surface area is 140 Å². The number of aliphatic hydroxyl groups is 1. The molecule has 24 heavy (non-hydrogen) atoms. The lowest BCUT2D eigenvalue weighted by Crippen LogP contribution is -2.40. The Hall–Kier alpha value is -2.12. The largest absolute Gasteiger partial charge is 0.467 e. The highest BCUT2D eigenvalue weighted by atomic mass is 16.5. The summed E-state index contributed by atoms with van der Waals surface area (Å²) in [7, 11) is 1.30. The molecule has 0 aromatic carbocycles. The summed E-state index contributed by atoms with van der Waals surface area (Å²) in [4.78, 5) is 13.7. The van der Waals surface area contributed by atoms with Crippen LogP contribution in [-0.4, -0.2) is 52.5 Å². The second-order valence-electron chi connectivity index (χ2n) is 6.26. The number of furan rings is 1. The normalized spacial score (nSPS) is 17.8. The predicted octanol–water partition coefficient (Wildman–Crippen LogP) is 1.72. The van der Waals surface area contributed by atoms with Crippen molar-refractivity contribution in [3.05, 3.63) is 29.7 Å². The van der Waals surface area contributed by atoms with Crippen LogP contribution in [0.3, 0.4) is 0 Å². The molecule has 1 aliphatic heterocycles. The Morgan fingerprint density at radius 1 is 1.50 bits per heavy atom. The van der Waals surface area contributed by atoms with E-state index in [0.29, 0.717) is 0 Å². The van der Waals surface area contributed by atoms with E-state index in [1.165, 1.54) is 7.11 Å². The molecule has 3 heterocycles. The van der Waals surface area contributed by atoms with Gasteiger partial charge in [0.1, 0.15) is 11.5 Å². The Morgan fingerprint density at radius 2 is 2.25 bits per heavy atom. The third kappa shape index (κ3) is 3.52. The molecule has 7 nitrogen and oxygen atoms in total. The van der Waals surface area contributed by atoms with Crippen LogP contribution in [0.25, 0.3) is 11.5 Å². The molecule has 1 aliphatic rings. The number of carbonyl (C=O) groups excluding carboxylic acids is 1. The number of nitrogens with zero attached hydrogens (tertiary/aromatic N) is 2. The number of likely N-dealkylation sites (tertiary alicyclic amines) is 1. The third-order valence-electron chi connectivity index (χ3n) is 4.62. The van der Waals surface area contributed by atoms with Gasteiger partial charge in [-0.1, -0.05) is 0 Å². The number of aromatic nitrogens is 2. The topological polar surface area (TPSA) is 91.6 Å². The maximum Gasteiger partial charge on any atom is 0.334 e. The van der Waals surface area contributed by atoms with E-state index in [4.69, 9.17) is 4.42 Å². The lowest BCUT2D eigenvalue weighted by Gasteiger charge is -2.33. The summed E-state index contributed by atoms with van der Waals surface area (Å²) >= 11 is 0. The average Bonchev–Trinajstić information content (AvgIpc) is 3.22. The van der Waals surface area contributed by atoms with Crippen molar-refractivity contribution in [2.75, 3.05) is 20.2 Å². The molecule has 130 valence electrons. The van der Waals surface area contributed by atoms with Gasteiger partial charge in [-0.2, -0.15) is 5.10 Å². The third-order valence-corrected chi connectivity index (χ3v) is 4.62. The van der Waals surface area contributed by atoms with Crippen LogP contribution < -0.4 is 0 Å². The van der Waals surface area contributed by atoms with Crippen LogP contribution in [-0.2, 0) is 16.1 Å². The van der Waals surface area contributed by atoms with E-state index >= 15 is 0 Å². The van der Waals surface area contributed by atoms with E-state index in [1.807, 2.05) is 25.3 Å². The molecule has 0 saturated carbocycles. The molecule has 0 amide bonds. The zero-order valence-electron chi connectivity index (χ0n) is 14.0. The van der Waals surface area contributed by atoms with Gasteiger partial charge < -0.3 is 14.3 Å². The van der Waals surface area contributed by atoms with Crippen LogP contribution >= 0.6 is 0 Å². The van der Waals surface area contributed by atoms with Crippen molar-refractivity contribution < 1.29 is 19.1 Å². The standard InChI is InChI=1S/C17H23N3O4/c1-11-3-4-14(24-11)15-13(9-18-19-15)10-20-7-5-12(6-8-20)16(21)17(22)23-2/h3-4,9,12,16,21H,5-8,10H2,1-2H3,(H,18,19). The molecular weight excluding hydrogens is 310 g/mol. The van der Waals surface area contributed by atoms with Crippen molar-refractivity contribution >= 4 is 5.97 Å². The Morgan fingerprint density at radius 3 is 2.88 bits per heavy atom. The molecule has 2 aromatic heterocycles. The first-order valence-electron chi connectivity index (χ1n) is 8.15. The van der Waals surface area contributed by atoms with Gasteiger partial charge in [0.2, 0.25) is 0 Å². The number of rotatable bonds is 5. The molecule has 1 fully saturated rings. The van der Waals surface area contributed by atoms with Gasteiger partial charge in [0.15, 0.2) is 11.9 Å². The van der Waals surface area contributed by atoms with Crippen molar-refractivity contribution in [2.45, 2.75) is 32.4 Å². The van der Waals surface area contributed by atoms with Crippen LogP contribution in [0.5, 0.6) is 0 Å². The van der Waals surface area contributed by atoms with Crippen molar-refractivity contribution in [2.24, 2.45) is 5.92 Å².